The molecule has 0 amide bonds. The molecule has 0 saturated heterocycles. The molecule has 0 heterocycles. The molecule has 1 N–H and O–H groups in total. The van der Waals surface area contributed by atoms with Crippen LogP contribution in [0.3, 0.4) is 0 Å². The molecule has 1 aliphatic rings. The maximum absolute atomic E-state index is 6.18. The van der Waals surface area contributed by atoms with Crippen LogP contribution in [0.5, 0.6) is 0 Å². The van der Waals surface area contributed by atoms with Crippen molar-refractivity contribution in [1.29, 1.82) is 0 Å². The number of ether oxygens (including phenoxy) is 1. The minimum absolute atomic E-state index is 0.199. The van der Waals surface area contributed by atoms with Crippen molar-refractivity contribution in [3.05, 3.63) is 0 Å². The Hall–Kier alpha value is -0.0800. The smallest absolute Gasteiger partial charge is 0.0778 e. The minimum Gasteiger partial charge on any atom is -0.376 e. The van der Waals surface area contributed by atoms with Gasteiger partial charge in [0.1, 0.15) is 0 Å². The Morgan fingerprint density at radius 1 is 1.10 bits per heavy atom. The highest BCUT2D eigenvalue weighted by atomic mass is 16.5. The van der Waals surface area contributed by atoms with Gasteiger partial charge in [0.25, 0.3) is 0 Å². The molecule has 0 aromatic heterocycles. The Bertz CT molecular complexity index is 251. The lowest BCUT2D eigenvalue weighted by Crippen LogP contribution is -2.53. The van der Waals surface area contributed by atoms with Crippen molar-refractivity contribution in [2.45, 2.75) is 85.8 Å². The van der Waals surface area contributed by atoms with E-state index in [0.29, 0.717) is 12.1 Å². The van der Waals surface area contributed by atoms with Crippen LogP contribution in [0.25, 0.3) is 0 Å². The summed E-state index contributed by atoms with van der Waals surface area (Å²) in [5, 5.41) is 3.82. The van der Waals surface area contributed by atoms with Crippen molar-refractivity contribution >= 4 is 0 Å². The highest BCUT2D eigenvalue weighted by Gasteiger charge is 2.38. The summed E-state index contributed by atoms with van der Waals surface area (Å²) in [6, 6.07) is 0.516. The third-order valence-corrected chi connectivity index (χ3v) is 4.72. The van der Waals surface area contributed by atoms with Crippen LogP contribution in [0.2, 0.25) is 0 Å². The number of hydrogen-bond donors (Lipinski definition) is 1. The highest BCUT2D eigenvalue weighted by Crippen LogP contribution is 2.36. The fraction of sp³-hybridized carbons (Fsp3) is 1.00. The molecule has 1 saturated carbocycles. The zero-order valence-corrected chi connectivity index (χ0v) is 14.7. The van der Waals surface area contributed by atoms with Gasteiger partial charge in [-0.1, -0.05) is 47.5 Å². The average Bonchev–Trinajstić information content (AvgIpc) is 2.38. The van der Waals surface area contributed by atoms with Gasteiger partial charge in [-0.3, -0.25) is 0 Å². The van der Waals surface area contributed by atoms with E-state index in [1.165, 1.54) is 32.1 Å². The first kappa shape index (κ1) is 18.0. The van der Waals surface area contributed by atoms with Crippen LogP contribution < -0.4 is 5.32 Å². The van der Waals surface area contributed by atoms with Crippen molar-refractivity contribution < 1.29 is 4.74 Å². The molecular weight excluding hydrogens is 246 g/mol. The lowest BCUT2D eigenvalue weighted by atomic mass is 9.73. The second-order valence-electron chi connectivity index (χ2n) is 7.74. The molecule has 120 valence electrons. The molecule has 0 spiro atoms. The highest BCUT2D eigenvalue weighted by molar-refractivity contribution is 4.92. The summed E-state index contributed by atoms with van der Waals surface area (Å²) in [4.78, 5) is 0. The molecule has 0 aromatic rings. The van der Waals surface area contributed by atoms with Crippen LogP contribution in [-0.2, 0) is 4.74 Å². The van der Waals surface area contributed by atoms with Gasteiger partial charge in [0.2, 0.25) is 0 Å². The summed E-state index contributed by atoms with van der Waals surface area (Å²) in [6.45, 7) is 15.6. The fourth-order valence-corrected chi connectivity index (χ4v) is 3.55. The number of rotatable bonds is 7. The summed E-state index contributed by atoms with van der Waals surface area (Å²) in [5.74, 6) is 1.70. The Morgan fingerprint density at radius 2 is 1.70 bits per heavy atom. The van der Waals surface area contributed by atoms with Gasteiger partial charge in [0.15, 0.2) is 0 Å². The van der Waals surface area contributed by atoms with E-state index in [9.17, 15) is 0 Å². The monoisotopic (exact) mass is 283 g/mol. The van der Waals surface area contributed by atoms with Crippen molar-refractivity contribution in [2.75, 3.05) is 13.2 Å². The van der Waals surface area contributed by atoms with Crippen molar-refractivity contribution in [3.8, 4) is 0 Å². The van der Waals surface area contributed by atoms with Crippen LogP contribution in [0.1, 0.15) is 73.6 Å². The lowest BCUT2D eigenvalue weighted by molar-refractivity contribution is -0.0537. The molecular formula is C18H37NO. The van der Waals surface area contributed by atoms with E-state index in [1.807, 2.05) is 0 Å². The predicted molar refractivity (Wildman–Crippen MR) is 88.1 cm³/mol. The topological polar surface area (TPSA) is 21.3 Å². The molecule has 20 heavy (non-hydrogen) atoms. The quantitative estimate of drug-likeness (QED) is 0.735. The zero-order valence-electron chi connectivity index (χ0n) is 14.7. The van der Waals surface area contributed by atoms with Gasteiger partial charge in [-0.15, -0.1) is 0 Å². The summed E-state index contributed by atoms with van der Waals surface area (Å²) in [7, 11) is 0. The Balaban J connectivity index is 2.79. The average molecular weight is 283 g/mol. The first-order valence-electron chi connectivity index (χ1n) is 8.75. The Labute approximate surface area is 127 Å². The van der Waals surface area contributed by atoms with Crippen molar-refractivity contribution in [2.24, 2.45) is 17.3 Å². The van der Waals surface area contributed by atoms with Crippen LogP contribution in [-0.4, -0.2) is 25.3 Å². The number of nitrogens with one attached hydrogen (secondary N) is 1. The third-order valence-electron chi connectivity index (χ3n) is 4.72. The molecule has 2 unspecified atom stereocenters. The van der Waals surface area contributed by atoms with Crippen molar-refractivity contribution in [3.63, 3.8) is 0 Å². The van der Waals surface area contributed by atoms with E-state index in [4.69, 9.17) is 4.74 Å². The first-order valence-corrected chi connectivity index (χ1v) is 8.75. The van der Waals surface area contributed by atoms with E-state index in [0.717, 1.165) is 25.0 Å². The van der Waals surface area contributed by atoms with Crippen LogP contribution in [0.15, 0.2) is 0 Å². The fourth-order valence-electron chi connectivity index (χ4n) is 3.55. The third kappa shape index (κ3) is 5.37. The van der Waals surface area contributed by atoms with Gasteiger partial charge in [-0.25, -0.2) is 0 Å². The van der Waals surface area contributed by atoms with E-state index < -0.39 is 0 Å². The van der Waals surface area contributed by atoms with Gasteiger partial charge >= 0.3 is 0 Å². The Morgan fingerprint density at radius 3 is 2.15 bits per heavy atom. The zero-order chi connectivity index (χ0) is 15.2. The molecule has 0 aliphatic heterocycles. The van der Waals surface area contributed by atoms with Gasteiger partial charge in [-0.2, -0.15) is 0 Å². The maximum Gasteiger partial charge on any atom is 0.0778 e. The molecule has 2 heteroatoms. The van der Waals surface area contributed by atoms with E-state index in [2.05, 4.69) is 46.9 Å². The Kier molecular flexibility index (Phi) is 7.53. The standard InChI is InChI=1S/C18H37NO/c1-7-13-19-16(15-11-9-14(3)10-12-15)17(20-8-2)18(4,5)6/h14-17,19H,7-13H2,1-6H3. The van der Waals surface area contributed by atoms with Crippen LogP contribution in [0.4, 0.5) is 0 Å². The largest absolute Gasteiger partial charge is 0.376 e. The minimum atomic E-state index is 0.199. The predicted octanol–water partition coefficient (Wildman–Crippen LogP) is 4.63. The van der Waals surface area contributed by atoms with Crippen LogP contribution in [0, 0.1) is 17.3 Å². The maximum atomic E-state index is 6.18. The van der Waals surface area contributed by atoms with Gasteiger partial charge < -0.3 is 10.1 Å². The van der Waals surface area contributed by atoms with E-state index in [-0.39, 0.29) is 5.41 Å². The second kappa shape index (κ2) is 8.38. The first-order chi connectivity index (χ1) is 9.40. The normalized spacial score (nSPS) is 27.3. The summed E-state index contributed by atoms with van der Waals surface area (Å²) in [5.41, 5.74) is 0.199. The molecule has 0 aromatic carbocycles. The van der Waals surface area contributed by atoms with Gasteiger partial charge in [0.05, 0.1) is 6.10 Å². The lowest BCUT2D eigenvalue weighted by Gasteiger charge is -2.43. The molecule has 0 radical (unpaired) electrons. The van der Waals surface area contributed by atoms with Gasteiger partial charge in [0, 0.05) is 12.6 Å². The summed E-state index contributed by atoms with van der Waals surface area (Å²) < 4.78 is 6.18. The molecule has 1 aliphatic carbocycles. The van der Waals surface area contributed by atoms with Crippen LogP contribution >= 0.6 is 0 Å². The second-order valence-corrected chi connectivity index (χ2v) is 7.74. The van der Waals surface area contributed by atoms with Gasteiger partial charge in [-0.05, 0) is 50.0 Å². The molecule has 2 atom stereocenters. The summed E-state index contributed by atoms with van der Waals surface area (Å²) in [6.07, 6.45) is 7.01. The van der Waals surface area contributed by atoms with E-state index >= 15 is 0 Å². The van der Waals surface area contributed by atoms with E-state index in [1.54, 1.807) is 0 Å². The SMILES string of the molecule is CCCNC(C1CCC(C)CC1)C(OCC)C(C)(C)C. The number of hydrogen-bond acceptors (Lipinski definition) is 2. The molecule has 1 fully saturated rings. The molecule has 2 nitrogen and oxygen atoms in total. The summed E-state index contributed by atoms with van der Waals surface area (Å²) >= 11 is 0. The molecule has 0 bridgehead atoms. The van der Waals surface area contributed by atoms with Crippen molar-refractivity contribution in [1.82, 2.24) is 5.32 Å². The molecule has 1 rings (SSSR count).